The number of hydrogen-bond donors (Lipinski definition) is 1. The van der Waals surface area contributed by atoms with Crippen LogP contribution in [0.15, 0.2) is 23.1 Å². The van der Waals surface area contributed by atoms with Crippen molar-refractivity contribution in [2.75, 3.05) is 39.3 Å². The van der Waals surface area contributed by atoms with E-state index >= 15 is 0 Å². The van der Waals surface area contributed by atoms with E-state index in [2.05, 4.69) is 4.98 Å². The van der Waals surface area contributed by atoms with Crippen molar-refractivity contribution in [3.8, 4) is 0 Å². The normalized spacial score (nSPS) is 18.9. The summed E-state index contributed by atoms with van der Waals surface area (Å²) in [4.78, 5) is 43.9. The predicted molar refractivity (Wildman–Crippen MR) is 85.4 cm³/mol. The largest absolute Gasteiger partial charge is 0.335 e. The third-order valence-corrected chi connectivity index (χ3v) is 4.50. The van der Waals surface area contributed by atoms with Crippen molar-refractivity contribution in [1.82, 2.24) is 19.7 Å². The molecular formula is C16H22N4O3. The number of urea groups is 1. The Labute approximate surface area is 134 Å². The molecule has 0 bridgehead atoms. The fourth-order valence-corrected chi connectivity index (χ4v) is 3.11. The maximum absolute atomic E-state index is 12.4. The number of piperazine rings is 1. The van der Waals surface area contributed by atoms with Gasteiger partial charge in [0.2, 0.25) is 5.56 Å². The molecule has 0 radical (unpaired) electrons. The zero-order chi connectivity index (χ0) is 16.2. The van der Waals surface area contributed by atoms with Crippen molar-refractivity contribution in [3.63, 3.8) is 0 Å². The van der Waals surface area contributed by atoms with E-state index in [-0.39, 0.29) is 17.5 Å². The van der Waals surface area contributed by atoms with Crippen molar-refractivity contribution in [2.24, 2.45) is 0 Å². The van der Waals surface area contributed by atoms with E-state index in [1.807, 2.05) is 9.80 Å². The number of rotatable bonds is 1. The number of likely N-dealkylation sites (tertiary alicyclic amines) is 1. The molecule has 7 nitrogen and oxygen atoms in total. The van der Waals surface area contributed by atoms with E-state index in [4.69, 9.17) is 0 Å². The zero-order valence-electron chi connectivity index (χ0n) is 13.2. The van der Waals surface area contributed by atoms with Gasteiger partial charge in [0.25, 0.3) is 5.91 Å². The summed E-state index contributed by atoms with van der Waals surface area (Å²) < 4.78 is 0. The number of pyridine rings is 1. The number of aromatic amines is 1. The predicted octanol–water partition coefficient (Wildman–Crippen LogP) is 0.739. The molecule has 0 spiro atoms. The Morgan fingerprint density at radius 3 is 2.04 bits per heavy atom. The molecule has 1 N–H and O–H groups in total. The molecule has 0 saturated carbocycles. The molecule has 3 rings (SSSR count). The van der Waals surface area contributed by atoms with Gasteiger partial charge in [0, 0.05) is 51.5 Å². The van der Waals surface area contributed by atoms with Crippen LogP contribution in [-0.4, -0.2) is 70.9 Å². The van der Waals surface area contributed by atoms with Gasteiger partial charge in [0.1, 0.15) is 0 Å². The first-order valence-corrected chi connectivity index (χ1v) is 8.17. The van der Waals surface area contributed by atoms with E-state index in [1.165, 1.54) is 24.8 Å². The van der Waals surface area contributed by atoms with E-state index in [1.54, 1.807) is 4.90 Å². The van der Waals surface area contributed by atoms with Gasteiger partial charge in [-0.2, -0.15) is 0 Å². The molecule has 2 saturated heterocycles. The summed E-state index contributed by atoms with van der Waals surface area (Å²) in [7, 11) is 0. The summed E-state index contributed by atoms with van der Waals surface area (Å²) in [5, 5.41) is 0. The lowest BCUT2D eigenvalue weighted by atomic mass is 10.1. The van der Waals surface area contributed by atoms with Crippen LogP contribution in [0.3, 0.4) is 0 Å². The third kappa shape index (κ3) is 3.55. The molecule has 2 aliphatic rings. The number of H-pyrrole nitrogens is 1. The van der Waals surface area contributed by atoms with E-state index in [0.717, 1.165) is 25.9 Å². The lowest BCUT2D eigenvalue weighted by molar-refractivity contribution is 0.0632. The molecule has 0 aliphatic carbocycles. The molecule has 0 aromatic carbocycles. The van der Waals surface area contributed by atoms with E-state index < -0.39 is 0 Å². The zero-order valence-corrected chi connectivity index (χ0v) is 13.2. The standard InChI is InChI=1S/C16H22N4O3/c21-14-5-4-13(12-17-14)15(22)18-8-10-20(11-9-18)16(23)19-6-2-1-3-7-19/h4-5,12H,1-3,6-11H2,(H,17,21). The molecule has 2 fully saturated rings. The first-order valence-electron chi connectivity index (χ1n) is 8.17. The second-order valence-corrected chi connectivity index (χ2v) is 6.05. The highest BCUT2D eigenvalue weighted by Crippen LogP contribution is 2.14. The molecule has 3 heterocycles. The quantitative estimate of drug-likeness (QED) is 0.829. The van der Waals surface area contributed by atoms with Gasteiger partial charge in [-0.15, -0.1) is 0 Å². The van der Waals surface area contributed by atoms with Crippen molar-refractivity contribution >= 4 is 11.9 Å². The highest BCUT2D eigenvalue weighted by Gasteiger charge is 2.28. The van der Waals surface area contributed by atoms with Crippen LogP contribution in [0.25, 0.3) is 0 Å². The van der Waals surface area contributed by atoms with Crippen molar-refractivity contribution < 1.29 is 9.59 Å². The number of hydrogen-bond acceptors (Lipinski definition) is 3. The van der Waals surface area contributed by atoms with Crippen molar-refractivity contribution in [2.45, 2.75) is 19.3 Å². The number of nitrogens with one attached hydrogen (secondary N) is 1. The lowest BCUT2D eigenvalue weighted by Crippen LogP contribution is -2.54. The average molecular weight is 318 g/mol. The topological polar surface area (TPSA) is 76.7 Å². The SMILES string of the molecule is O=C(c1ccc(=O)[nH]c1)N1CCN(C(=O)N2CCCCC2)CC1. The summed E-state index contributed by atoms with van der Waals surface area (Å²) >= 11 is 0. The number of piperidine rings is 1. The minimum atomic E-state index is -0.224. The number of aromatic nitrogens is 1. The number of carbonyl (C=O) groups excluding carboxylic acids is 2. The Morgan fingerprint density at radius 1 is 0.826 bits per heavy atom. The van der Waals surface area contributed by atoms with Crippen LogP contribution in [0.1, 0.15) is 29.6 Å². The highest BCUT2D eigenvalue weighted by molar-refractivity contribution is 5.94. The summed E-state index contributed by atoms with van der Waals surface area (Å²) in [6, 6.07) is 2.98. The molecule has 0 unspecified atom stereocenters. The molecule has 3 amide bonds. The van der Waals surface area contributed by atoms with Crippen LogP contribution < -0.4 is 5.56 Å². The molecule has 0 atom stereocenters. The Bertz CT molecular complexity index is 608. The minimum Gasteiger partial charge on any atom is -0.335 e. The van der Waals surface area contributed by atoms with E-state index in [9.17, 15) is 14.4 Å². The Morgan fingerprint density at radius 2 is 1.43 bits per heavy atom. The fraction of sp³-hybridized carbons (Fsp3) is 0.562. The van der Waals surface area contributed by atoms with Gasteiger partial charge < -0.3 is 19.7 Å². The first kappa shape index (κ1) is 15.6. The molecular weight excluding hydrogens is 296 g/mol. The maximum Gasteiger partial charge on any atom is 0.320 e. The van der Waals surface area contributed by atoms with Crippen molar-refractivity contribution in [3.05, 3.63) is 34.2 Å². The van der Waals surface area contributed by atoms with Gasteiger partial charge in [-0.3, -0.25) is 9.59 Å². The van der Waals surface area contributed by atoms with Crippen LogP contribution in [0.4, 0.5) is 4.79 Å². The Hall–Kier alpha value is -2.31. The fourth-order valence-electron chi connectivity index (χ4n) is 3.11. The highest BCUT2D eigenvalue weighted by atomic mass is 16.2. The summed E-state index contributed by atoms with van der Waals surface area (Å²) in [6.07, 6.45) is 4.80. The van der Waals surface area contributed by atoms with Gasteiger partial charge in [-0.05, 0) is 25.3 Å². The summed E-state index contributed by atoms with van der Waals surface area (Å²) in [5.74, 6) is -0.105. The number of carbonyl (C=O) groups is 2. The average Bonchev–Trinajstić information content (AvgIpc) is 2.62. The maximum atomic E-state index is 12.4. The lowest BCUT2D eigenvalue weighted by Gasteiger charge is -2.38. The van der Waals surface area contributed by atoms with Crippen molar-refractivity contribution in [1.29, 1.82) is 0 Å². The van der Waals surface area contributed by atoms with Crippen LogP contribution in [0.2, 0.25) is 0 Å². The molecule has 124 valence electrons. The van der Waals surface area contributed by atoms with Gasteiger partial charge in [0.05, 0.1) is 5.56 Å². The second-order valence-electron chi connectivity index (χ2n) is 6.05. The second kappa shape index (κ2) is 6.85. The van der Waals surface area contributed by atoms with Gasteiger partial charge in [-0.1, -0.05) is 0 Å². The molecule has 1 aromatic rings. The van der Waals surface area contributed by atoms with E-state index in [0.29, 0.717) is 31.7 Å². The van der Waals surface area contributed by atoms with Gasteiger partial charge in [-0.25, -0.2) is 4.79 Å². The summed E-state index contributed by atoms with van der Waals surface area (Å²) in [6.45, 7) is 3.86. The summed E-state index contributed by atoms with van der Waals surface area (Å²) in [5.41, 5.74) is 0.249. The number of nitrogens with zero attached hydrogens (tertiary/aromatic N) is 3. The van der Waals surface area contributed by atoms with Crippen LogP contribution >= 0.6 is 0 Å². The minimum absolute atomic E-state index is 0.0980. The molecule has 2 aliphatic heterocycles. The van der Waals surface area contributed by atoms with Crippen LogP contribution in [0.5, 0.6) is 0 Å². The first-order chi connectivity index (χ1) is 11.1. The smallest absolute Gasteiger partial charge is 0.320 e. The Balaban J connectivity index is 1.55. The monoisotopic (exact) mass is 318 g/mol. The number of amides is 3. The van der Waals surface area contributed by atoms with Gasteiger partial charge in [0.15, 0.2) is 0 Å². The van der Waals surface area contributed by atoms with Crippen LogP contribution in [0, 0.1) is 0 Å². The molecule has 23 heavy (non-hydrogen) atoms. The van der Waals surface area contributed by atoms with Gasteiger partial charge >= 0.3 is 6.03 Å². The van der Waals surface area contributed by atoms with Crippen LogP contribution in [-0.2, 0) is 0 Å². The third-order valence-electron chi connectivity index (χ3n) is 4.50. The molecule has 7 heteroatoms. The Kier molecular flexibility index (Phi) is 4.64. The molecule has 1 aromatic heterocycles.